The normalized spacial score (nSPS) is 17.5. The second-order valence-electron chi connectivity index (χ2n) is 20.8. The van der Waals surface area contributed by atoms with E-state index in [-0.39, 0.29) is 31.9 Å². The van der Waals surface area contributed by atoms with Gasteiger partial charge in [0.1, 0.15) is 5.82 Å². The van der Waals surface area contributed by atoms with Crippen molar-refractivity contribution in [1.29, 1.82) is 0 Å². The van der Waals surface area contributed by atoms with Crippen LogP contribution in [0.3, 0.4) is 0 Å². The number of fused-ring (bicyclic) bond motifs is 7. The van der Waals surface area contributed by atoms with Crippen molar-refractivity contribution in [2.24, 2.45) is 0 Å². The van der Waals surface area contributed by atoms with E-state index in [2.05, 4.69) is 232 Å². The molecule has 0 radical (unpaired) electrons. The molecule has 338 valence electrons. The summed E-state index contributed by atoms with van der Waals surface area (Å²) in [5.74, 6) is 2.44. The third-order valence-electron chi connectivity index (χ3n) is 14.1. The van der Waals surface area contributed by atoms with Crippen LogP contribution in [-0.2, 0) is 31.9 Å². The summed E-state index contributed by atoms with van der Waals surface area (Å²) >= 11 is 0. The molecule has 0 aliphatic carbocycles. The Kier molecular flexibility index (Phi) is 10.7. The summed E-state index contributed by atoms with van der Waals surface area (Å²) in [6.07, 6.45) is 1.92. The molecule has 5 nitrogen and oxygen atoms in total. The molecular weight excluding hydrogens is 1000 g/mol. The van der Waals surface area contributed by atoms with Crippen LogP contribution < -0.4 is 13.9 Å². The van der Waals surface area contributed by atoms with Gasteiger partial charge in [-0.05, 0) is 98.7 Å². The van der Waals surface area contributed by atoms with E-state index in [1.54, 1.807) is 0 Å². The van der Waals surface area contributed by atoms with Gasteiger partial charge in [-0.25, -0.2) is 9.58 Å². The topological polar surface area (TPSA) is 27.1 Å². The molecule has 11 rings (SSSR count). The molecule has 0 N–H and O–H groups in total. The third-order valence-corrected chi connectivity index (χ3v) is 14.1. The maximum atomic E-state index is 7.07. The second-order valence-corrected chi connectivity index (χ2v) is 20.8. The first-order valence-electron chi connectivity index (χ1n) is 23.3. The fraction of sp³-hybridized carbons (Fsp3) is 0.213. The van der Waals surface area contributed by atoms with Crippen LogP contribution in [0.2, 0.25) is 0 Å². The van der Waals surface area contributed by atoms with E-state index in [0.717, 1.165) is 38.9 Å². The van der Waals surface area contributed by atoms with Gasteiger partial charge in [0.05, 0.1) is 5.69 Å². The third kappa shape index (κ3) is 7.12. The van der Waals surface area contributed by atoms with E-state index in [1.165, 1.54) is 61.6 Å². The summed E-state index contributed by atoms with van der Waals surface area (Å²) in [6, 6.07) is 60.8. The average molecular weight is 1060 g/mol. The molecule has 4 heterocycles. The van der Waals surface area contributed by atoms with Crippen molar-refractivity contribution in [3.8, 4) is 39.6 Å². The Balaban J connectivity index is 0.00000525. The standard InChI is InChI=1S/C61H57N4O.Pt/c1-39(2)51-20-14-15-21-52(51)44-32-48(36-50(33-44)66-49-24-25-54-53-22-16-17-23-55(53)63(56(54)37-49)59-35-45(26-27-62-59)60(5,6)7)65-38-64(65,57-28-40(3)41(4)29-58(57)65)47-31-43(42-18-12-11-13-19-42)30-46(34-47)61(8,9)10;/h11-35,38-39H,1-10H3;/q-1;/t64-,65?;/m0./s1. The van der Waals surface area contributed by atoms with E-state index < -0.39 is 0 Å². The van der Waals surface area contributed by atoms with Gasteiger partial charge in [0.25, 0.3) is 0 Å². The van der Waals surface area contributed by atoms with E-state index in [4.69, 9.17) is 9.72 Å². The maximum Gasteiger partial charge on any atom is 0.225 e. The van der Waals surface area contributed by atoms with Gasteiger partial charge in [-0.3, -0.25) is 0 Å². The van der Waals surface area contributed by atoms with Gasteiger partial charge in [-0.2, -0.15) is 10.7 Å². The summed E-state index contributed by atoms with van der Waals surface area (Å²) in [6.45, 7) is 25.1. The molecular formula is C61H57N4OPt-. The number of para-hydroxylation sites is 1. The predicted molar refractivity (Wildman–Crippen MR) is 275 cm³/mol. The van der Waals surface area contributed by atoms with Crippen LogP contribution >= 0.6 is 0 Å². The number of pyridine rings is 1. The predicted octanol–water partition coefficient (Wildman–Crippen LogP) is 16.6. The van der Waals surface area contributed by atoms with E-state index >= 15 is 0 Å². The zero-order chi connectivity index (χ0) is 45.9. The Bertz CT molecular complexity index is 3410. The Hall–Kier alpha value is -6.10. The summed E-state index contributed by atoms with van der Waals surface area (Å²) in [7, 11) is 0. The summed E-state index contributed by atoms with van der Waals surface area (Å²) in [5, 5.41) is 2.24. The molecule has 6 heteroatoms. The fourth-order valence-electron chi connectivity index (χ4n) is 10.2. The van der Waals surface area contributed by atoms with Gasteiger partial charge < -0.3 is 9.30 Å². The molecule has 1 unspecified atom stereocenters. The van der Waals surface area contributed by atoms with Crippen LogP contribution in [0.25, 0.3) is 49.9 Å². The first-order chi connectivity index (χ1) is 31.6. The number of rotatable bonds is 8. The second kappa shape index (κ2) is 16.0. The number of nitrogens with zero attached hydrogens (tertiary/aromatic N) is 4. The van der Waals surface area contributed by atoms with Gasteiger partial charge in [-0.15, -0.1) is 29.1 Å². The molecule has 1 fully saturated rings. The molecule has 67 heavy (non-hydrogen) atoms. The summed E-state index contributed by atoms with van der Waals surface area (Å²) < 4.78 is 10.4. The number of hydrogen-bond donors (Lipinski definition) is 0. The van der Waals surface area contributed by atoms with E-state index in [0.29, 0.717) is 26.6 Å². The molecule has 0 saturated carbocycles. The molecule has 2 aromatic heterocycles. The summed E-state index contributed by atoms with van der Waals surface area (Å²) in [5.41, 5.74) is 17.8. The first kappa shape index (κ1) is 44.7. The molecule has 2 aliphatic rings. The molecule has 7 aromatic carbocycles. The number of aryl methyl sites for hydroxylation is 2. The molecule has 0 bridgehead atoms. The van der Waals surface area contributed by atoms with Gasteiger partial charge in [0.2, 0.25) is 11.4 Å². The van der Waals surface area contributed by atoms with Crippen LogP contribution in [0.1, 0.15) is 89.1 Å². The number of quaternary nitrogens is 2. The van der Waals surface area contributed by atoms with Crippen LogP contribution in [0.4, 0.5) is 22.7 Å². The number of aromatic nitrogens is 2. The maximum absolute atomic E-state index is 7.07. The quantitative estimate of drug-likeness (QED) is 0.0861. The minimum Gasteiger partial charge on any atom is -0.509 e. The molecule has 1 saturated heterocycles. The molecule has 0 spiro atoms. The van der Waals surface area contributed by atoms with E-state index in [9.17, 15) is 0 Å². The van der Waals surface area contributed by atoms with Crippen molar-refractivity contribution < 1.29 is 25.8 Å². The summed E-state index contributed by atoms with van der Waals surface area (Å²) in [4.78, 5) is 4.93. The van der Waals surface area contributed by atoms with Gasteiger partial charge >= 0.3 is 0 Å². The average Bonchev–Trinajstić information content (AvgIpc) is 3.81. The number of ether oxygens (including phenoxy) is 1. The van der Waals surface area contributed by atoms with Gasteiger partial charge in [0, 0.05) is 68.5 Å². The van der Waals surface area contributed by atoms with Crippen LogP contribution in [0.5, 0.6) is 11.5 Å². The van der Waals surface area contributed by atoms with Crippen molar-refractivity contribution in [1.82, 2.24) is 18.7 Å². The first-order valence-corrected chi connectivity index (χ1v) is 23.3. The largest absolute Gasteiger partial charge is 0.509 e. The van der Waals surface area contributed by atoms with Crippen LogP contribution in [-0.4, -0.2) is 9.55 Å². The van der Waals surface area contributed by atoms with Crippen molar-refractivity contribution in [2.75, 3.05) is 0 Å². The Morgan fingerprint density at radius 2 is 1.28 bits per heavy atom. The minimum atomic E-state index is -0.0667. The fourth-order valence-corrected chi connectivity index (χ4v) is 10.2. The Morgan fingerprint density at radius 1 is 0.597 bits per heavy atom. The monoisotopic (exact) mass is 1060 g/mol. The zero-order valence-corrected chi connectivity index (χ0v) is 42.4. The van der Waals surface area contributed by atoms with Crippen LogP contribution in [0.15, 0.2) is 152 Å². The molecule has 2 atom stereocenters. The minimum absolute atomic E-state index is 0. The van der Waals surface area contributed by atoms with Crippen molar-refractivity contribution in [2.45, 2.75) is 86.0 Å². The van der Waals surface area contributed by atoms with Crippen LogP contribution in [0, 0.1) is 32.6 Å². The van der Waals surface area contributed by atoms with Gasteiger partial charge in [0.15, 0.2) is 12.4 Å². The number of hydrogen-bond acceptors (Lipinski definition) is 2. The smallest absolute Gasteiger partial charge is 0.225 e. The Labute approximate surface area is 410 Å². The molecule has 0 amide bonds. The van der Waals surface area contributed by atoms with Crippen molar-refractivity contribution >= 4 is 44.6 Å². The zero-order valence-electron chi connectivity index (χ0n) is 40.1. The molecule has 9 aromatic rings. The van der Waals surface area contributed by atoms with Crippen molar-refractivity contribution in [3.63, 3.8) is 0 Å². The molecule has 2 aliphatic heterocycles. The van der Waals surface area contributed by atoms with Gasteiger partial charge in [-0.1, -0.05) is 152 Å². The Morgan fingerprint density at radius 3 is 2.01 bits per heavy atom. The van der Waals surface area contributed by atoms with E-state index in [1.807, 2.05) is 12.3 Å². The SMILES string of the molecule is Cc1cc2c(cc1C)[N@@+]1(c3cc(-c4ccccc4)cc(C(C)(C)C)c3)[CH-][N+]21c1[c-]c(Oc2[c-]c3c(cc2)c2ccccc2n3-c2cc(C(C)(C)C)ccn2)cc(-c2ccccc2C(C)C)c1.[Pt]. The number of benzene rings is 7. The van der Waals surface area contributed by atoms with Crippen molar-refractivity contribution in [3.05, 3.63) is 198 Å².